The average molecular weight is 602 g/mol. The van der Waals surface area contributed by atoms with Gasteiger partial charge in [0.05, 0.1) is 29.9 Å². The minimum atomic E-state index is -1.19. The van der Waals surface area contributed by atoms with Crippen LogP contribution in [0.2, 0.25) is 0 Å². The summed E-state index contributed by atoms with van der Waals surface area (Å²) in [5, 5.41) is 32.7. The second-order valence-electron chi connectivity index (χ2n) is 10.3. The van der Waals surface area contributed by atoms with E-state index in [1.165, 1.54) is 12.1 Å². The Kier molecular flexibility index (Phi) is 12.3. The number of nitrogens with zero attached hydrogens (tertiary/aromatic N) is 2. The summed E-state index contributed by atoms with van der Waals surface area (Å²) in [5.41, 5.74) is 3.98. The molecule has 0 saturated carbocycles. The monoisotopic (exact) mass is 601 g/mol. The summed E-state index contributed by atoms with van der Waals surface area (Å²) in [6.45, 7) is 4.21. The molecule has 42 heavy (non-hydrogen) atoms. The summed E-state index contributed by atoms with van der Waals surface area (Å²) < 4.78 is 16.0. The maximum absolute atomic E-state index is 14.0. The second-order valence-corrected chi connectivity index (χ2v) is 10.3. The molecule has 10 heteroatoms. The molecule has 0 unspecified atom stereocenters. The van der Waals surface area contributed by atoms with Crippen molar-refractivity contribution in [3.63, 3.8) is 0 Å². The SMILES string of the molecule is CC(C)c1c(C(=O)Nc2ccccn2)c(-c2ccccc2)c(-c2ccc(F)cc2)n1CC[C@@H](O)C[C@@H](O)CC(=O)O.[CaH2]. The van der Waals surface area contributed by atoms with E-state index in [-0.39, 0.29) is 68.9 Å². The summed E-state index contributed by atoms with van der Waals surface area (Å²) in [7, 11) is 0. The van der Waals surface area contributed by atoms with Crippen molar-refractivity contribution in [2.24, 2.45) is 0 Å². The van der Waals surface area contributed by atoms with Crippen molar-refractivity contribution in [2.75, 3.05) is 5.32 Å². The predicted octanol–water partition coefficient (Wildman–Crippen LogP) is 4.79. The Labute approximate surface area is 274 Å². The van der Waals surface area contributed by atoms with Crippen molar-refractivity contribution >= 4 is 55.4 Å². The first-order chi connectivity index (χ1) is 19.7. The zero-order valence-corrected chi connectivity index (χ0v) is 23.0. The summed E-state index contributed by atoms with van der Waals surface area (Å²) in [5.74, 6) is -1.64. The Morgan fingerprint density at radius 3 is 2.19 bits per heavy atom. The van der Waals surface area contributed by atoms with E-state index in [1.54, 1.807) is 36.5 Å². The van der Waals surface area contributed by atoms with Gasteiger partial charge in [0.25, 0.3) is 5.91 Å². The molecule has 0 bridgehead atoms. The van der Waals surface area contributed by atoms with Gasteiger partial charge < -0.3 is 25.2 Å². The van der Waals surface area contributed by atoms with Crippen LogP contribution in [0.3, 0.4) is 0 Å². The van der Waals surface area contributed by atoms with Crippen molar-refractivity contribution in [3.8, 4) is 22.4 Å². The number of carboxylic acid groups (broad SMARTS) is 1. The Morgan fingerprint density at radius 2 is 1.60 bits per heavy atom. The minimum absolute atomic E-state index is 0. The van der Waals surface area contributed by atoms with Gasteiger partial charge in [-0.1, -0.05) is 50.2 Å². The van der Waals surface area contributed by atoms with E-state index in [0.717, 1.165) is 11.3 Å². The molecule has 218 valence electrons. The Bertz CT molecular complexity index is 1480. The van der Waals surface area contributed by atoms with Crippen LogP contribution in [-0.2, 0) is 11.3 Å². The van der Waals surface area contributed by atoms with E-state index in [0.29, 0.717) is 28.2 Å². The molecular formula is C32H36CaFN3O5. The Hall–Kier alpha value is -3.08. The molecule has 0 aliphatic carbocycles. The molecular weight excluding hydrogens is 565 g/mol. The number of aliphatic carboxylic acids is 1. The van der Waals surface area contributed by atoms with E-state index in [4.69, 9.17) is 5.11 Å². The summed E-state index contributed by atoms with van der Waals surface area (Å²) in [6, 6.07) is 20.7. The molecule has 0 radical (unpaired) electrons. The zero-order chi connectivity index (χ0) is 29.5. The molecule has 4 N–H and O–H groups in total. The third kappa shape index (κ3) is 8.26. The van der Waals surface area contributed by atoms with Crippen molar-refractivity contribution in [3.05, 3.63) is 96.1 Å². The fourth-order valence-electron chi connectivity index (χ4n) is 5.10. The standard InChI is InChI=1S/C32H34FN3O5.Ca.2H/c1-20(2)30-29(32(41)35-26-10-6-7-16-34-26)28(21-8-4-3-5-9-21)31(22-11-13-23(33)14-12-22)36(30)17-15-24(37)18-25(38)19-27(39)40;;;/h3-14,16,20,24-25,37-38H,15,17-19H2,1-2H3,(H,39,40)(H,34,35,41);;;/t24-,25-;;;/m1.../s1. The number of carbonyl (C=O) groups is 2. The number of anilines is 1. The molecule has 0 aliphatic rings. The van der Waals surface area contributed by atoms with Crippen molar-refractivity contribution in [1.29, 1.82) is 0 Å². The van der Waals surface area contributed by atoms with Crippen LogP contribution in [0.25, 0.3) is 22.4 Å². The number of aromatic nitrogens is 2. The van der Waals surface area contributed by atoms with Gasteiger partial charge in [-0.05, 0) is 66.3 Å². The molecule has 4 rings (SSSR count). The zero-order valence-electron chi connectivity index (χ0n) is 23.0. The van der Waals surface area contributed by atoms with Gasteiger partial charge >= 0.3 is 43.7 Å². The first-order valence-electron chi connectivity index (χ1n) is 13.5. The summed E-state index contributed by atoms with van der Waals surface area (Å²) in [6.07, 6.45) is -0.961. The number of pyridine rings is 1. The predicted molar refractivity (Wildman–Crippen MR) is 164 cm³/mol. The van der Waals surface area contributed by atoms with Gasteiger partial charge in [0, 0.05) is 24.0 Å². The fourth-order valence-corrected chi connectivity index (χ4v) is 5.10. The van der Waals surface area contributed by atoms with Crippen LogP contribution < -0.4 is 5.32 Å². The van der Waals surface area contributed by atoms with E-state index >= 15 is 0 Å². The van der Waals surface area contributed by atoms with Crippen LogP contribution in [0, 0.1) is 5.82 Å². The van der Waals surface area contributed by atoms with Gasteiger partial charge in [-0.25, -0.2) is 9.37 Å². The van der Waals surface area contributed by atoms with E-state index < -0.39 is 30.4 Å². The molecule has 2 heterocycles. The van der Waals surface area contributed by atoms with Crippen LogP contribution in [0.5, 0.6) is 0 Å². The van der Waals surface area contributed by atoms with Gasteiger partial charge in [0.15, 0.2) is 0 Å². The number of aliphatic hydroxyl groups excluding tert-OH is 2. The first kappa shape index (κ1) is 33.4. The number of hydrogen-bond donors (Lipinski definition) is 4. The number of amides is 1. The second kappa shape index (κ2) is 15.4. The molecule has 4 aromatic rings. The van der Waals surface area contributed by atoms with Crippen molar-refractivity contribution in [1.82, 2.24) is 9.55 Å². The van der Waals surface area contributed by atoms with Crippen LogP contribution in [-0.4, -0.2) is 86.7 Å². The molecule has 0 aliphatic heterocycles. The fraction of sp³-hybridized carbons (Fsp3) is 0.281. The Morgan fingerprint density at radius 1 is 0.929 bits per heavy atom. The van der Waals surface area contributed by atoms with Crippen LogP contribution in [0.15, 0.2) is 79.0 Å². The number of carboxylic acids is 1. The quantitative estimate of drug-likeness (QED) is 0.173. The van der Waals surface area contributed by atoms with E-state index in [9.17, 15) is 24.2 Å². The number of hydrogen-bond acceptors (Lipinski definition) is 5. The number of benzene rings is 2. The van der Waals surface area contributed by atoms with Crippen molar-refractivity contribution in [2.45, 2.75) is 57.8 Å². The average Bonchev–Trinajstić information content (AvgIpc) is 3.28. The van der Waals surface area contributed by atoms with E-state index in [2.05, 4.69) is 10.3 Å². The first-order valence-corrected chi connectivity index (χ1v) is 13.5. The molecule has 0 fully saturated rings. The molecule has 8 nitrogen and oxygen atoms in total. The van der Waals surface area contributed by atoms with Gasteiger partial charge in [0.1, 0.15) is 11.6 Å². The normalized spacial score (nSPS) is 12.4. The summed E-state index contributed by atoms with van der Waals surface area (Å²) >= 11 is 0. The number of halogens is 1. The summed E-state index contributed by atoms with van der Waals surface area (Å²) in [4.78, 5) is 29.2. The van der Waals surface area contributed by atoms with Crippen molar-refractivity contribution < 1.29 is 29.3 Å². The molecule has 1 amide bonds. The number of carbonyl (C=O) groups excluding carboxylic acids is 1. The third-order valence-corrected chi connectivity index (χ3v) is 6.80. The van der Waals surface area contributed by atoms with Crippen LogP contribution >= 0.6 is 0 Å². The molecule has 0 spiro atoms. The van der Waals surface area contributed by atoms with Gasteiger partial charge in [0.2, 0.25) is 0 Å². The molecule has 2 atom stereocenters. The Balaban J connectivity index is 0.00000484. The van der Waals surface area contributed by atoms with Gasteiger partial charge in [-0.3, -0.25) is 9.59 Å². The van der Waals surface area contributed by atoms with Crippen LogP contribution in [0.4, 0.5) is 10.2 Å². The number of nitrogens with one attached hydrogen (secondary N) is 1. The topological polar surface area (TPSA) is 125 Å². The maximum atomic E-state index is 14.0. The third-order valence-electron chi connectivity index (χ3n) is 6.80. The number of aliphatic hydroxyl groups is 2. The van der Waals surface area contributed by atoms with Crippen LogP contribution in [0.1, 0.15) is 55.1 Å². The van der Waals surface area contributed by atoms with Gasteiger partial charge in [-0.15, -0.1) is 0 Å². The number of rotatable bonds is 12. The molecule has 2 aromatic heterocycles. The molecule has 0 saturated heterocycles. The molecule has 2 aromatic carbocycles. The van der Waals surface area contributed by atoms with Gasteiger partial charge in [-0.2, -0.15) is 0 Å². The van der Waals surface area contributed by atoms with E-state index in [1.807, 2.05) is 48.7 Å².